The molecule has 15 heavy (non-hydrogen) atoms. The lowest BCUT2D eigenvalue weighted by Crippen LogP contribution is -2.12. The van der Waals surface area contributed by atoms with E-state index in [1.807, 2.05) is 11.7 Å². The first-order valence-electron chi connectivity index (χ1n) is 5.36. The number of nitrogens with zero attached hydrogens (tertiary/aromatic N) is 2. The first-order valence-corrected chi connectivity index (χ1v) is 5.36. The third-order valence-corrected chi connectivity index (χ3v) is 2.57. The monoisotopic (exact) mass is 211 g/mol. The Labute approximate surface area is 91.4 Å². The van der Waals surface area contributed by atoms with E-state index in [4.69, 9.17) is 10.5 Å². The van der Waals surface area contributed by atoms with Crippen LogP contribution < -0.4 is 5.73 Å². The van der Waals surface area contributed by atoms with Crippen molar-refractivity contribution in [2.45, 2.75) is 32.3 Å². The van der Waals surface area contributed by atoms with Crippen LogP contribution in [-0.4, -0.2) is 23.4 Å². The van der Waals surface area contributed by atoms with Gasteiger partial charge in [0.15, 0.2) is 0 Å². The van der Waals surface area contributed by atoms with Crippen molar-refractivity contribution >= 4 is 0 Å². The van der Waals surface area contributed by atoms with Crippen molar-refractivity contribution in [3.05, 3.63) is 17.5 Å². The summed E-state index contributed by atoms with van der Waals surface area (Å²) in [4.78, 5) is 0. The maximum absolute atomic E-state index is 5.55. The van der Waals surface area contributed by atoms with Crippen molar-refractivity contribution in [3.63, 3.8) is 0 Å². The molecule has 1 aromatic rings. The highest BCUT2D eigenvalue weighted by Gasteiger charge is 2.16. The summed E-state index contributed by atoms with van der Waals surface area (Å²) in [6, 6.07) is 2.11. The highest BCUT2D eigenvalue weighted by atomic mass is 16.5. The molecular weight excluding hydrogens is 190 g/mol. The Balaban J connectivity index is 2.91. The summed E-state index contributed by atoms with van der Waals surface area (Å²) in [7, 11) is 3.66. The van der Waals surface area contributed by atoms with Crippen LogP contribution in [0.4, 0.5) is 0 Å². The lowest BCUT2D eigenvalue weighted by Gasteiger charge is -2.13. The summed E-state index contributed by atoms with van der Waals surface area (Å²) in [5.74, 6) is 0.445. The zero-order valence-electron chi connectivity index (χ0n) is 10.0. The van der Waals surface area contributed by atoms with Gasteiger partial charge in [-0.25, -0.2) is 0 Å². The summed E-state index contributed by atoms with van der Waals surface area (Å²) in [5.41, 5.74) is 7.76. The van der Waals surface area contributed by atoms with Crippen LogP contribution in [0.5, 0.6) is 0 Å². The van der Waals surface area contributed by atoms with Gasteiger partial charge in [0, 0.05) is 14.2 Å². The second kappa shape index (κ2) is 5.28. The number of ether oxygens (including phenoxy) is 1. The predicted octanol–water partition coefficient (Wildman–Crippen LogP) is 1.58. The quantitative estimate of drug-likeness (QED) is 0.804. The van der Waals surface area contributed by atoms with Gasteiger partial charge in [-0.2, -0.15) is 5.10 Å². The first kappa shape index (κ1) is 12.2. The number of aromatic nitrogens is 2. The number of hydrogen-bond donors (Lipinski definition) is 1. The van der Waals surface area contributed by atoms with Crippen LogP contribution in [0.2, 0.25) is 0 Å². The summed E-state index contributed by atoms with van der Waals surface area (Å²) in [6.45, 7) is 4.90. The van der Waals surface area contributed by atoms with E-state index in [0.29, 0.717) is 12.5 Å². The average molecular weight is 211 g/mol. The molecule has 4 heteroatoms. The minimum Gasteiger partial charge on any atom is -0.375 e. The molecule has 1 heterocycles. The molecule has 1 atom stereocenters. The maximum atomic E-state index is 5.55. The van der Waals surface area contributed by atoms with Gasteiger partial charge in [0.1, 0.15) is 0 Å². The number of rotatable bonds is 5. The maximum Gasteiger partial charge on any atom is 0.0999 e. The molecule has 0 saturated carbocycles. The number of methoxy groups -OCH3 is 1. The van der Waals surface area contributed by atoms with Crippen LogP contribution in [0.15, 0.2) is 6.07 Å². The normalized spacial score (nSPS) is 13.5. The molecule has 0 fully saturated rings. The summed E-state index contributed by atoms with van der Waals surface area (Å²) in [5, 5.41) is 4.46. The Bertz CT molecular complexity index is 307. The van der Waals surface area contributed by atoms with Gasteiger partial charge in [-0.05, 0) is 24.9 Å². The fourth-order valence-corrected chi connectivity index (χ4v) is 1.63. The van der Waals surface area contributed by atoms with Gasteiger partial charge >= 0.3 is 0 Å². The van der Waals surface area contributed by atoms with E-state index in [1.165, 1.54) is 0 Å². The largest absolute Gasteiger partial charge is 0.375 e. The van der Waals surface area contributed by atoms with E-state index in [1.54, 1.807) is 7.11 Å². The van der Waals surface area contributed by atoms with E-state index in [2.05, 4.69) is 25.0 Å². The molecule has 0 aliphatic heterocycles. The molecule has 1 aromatic heterocycles. The molecule has 0 aliphatic carbocycles. The standard InChI is InChI=1S/C11H21N3O/c1-8(2)9-7-10(14(3)13-9)11(15-4)5-6-12/h7-8,11H,5-6,12H2,1-4H3. The molecule has 0 aliphatic rings. The number of aryl methyl sites for hydroxylation is 1. The molecule has 0 amide bonds. The molecule has 0 bridgehead atoms. The minimum absolute atomic E-state index is 0.0556. The highest BCUT2D eigenvalue weighted by Crippen LogP contribution is 2.23. The van der Waals surface area contributed by atoms with Crippen molar-refractivity contribution in [2.24, 2.45) is 12.8 Å². The van der Waals surface area contributed by atoms with Gasteiger partial charge in [-0.1, -0.05) is 13.8 Å². The predicted molar refractivity (Wildman–Crippen MR) is 60.7 cm³/mol. The molecular formula is C11H21N3O. The molecule has 0 aromatic carbocycles. The summed E-state index contributed by atoms with van der Waals surface area (Å²) >= 11 is 0. The smallest absolute Gasteiger partial charge is 0.0999 e. The van der Waals surface area contributed by atoms with Crippen molar-refractivity contribution in [1.29, 1.82) is 0 Å². The van der Waals surface area contributed by atoms with Gasteiger partial charge in [0.2, 0.25) is 0 Å². The molecule has 0 saturated heterocycles. The summed E-state index contributed by atoms with van der Waals surface area (Å²) < 4.78 is 7.30. The van der Waals surface area contributed by atoms with E-state index in [9.17, 15) is 0 Å². The van der Waals surface area contributed by atoms with Crippen molar-refractivity contribution in [3.8, 4) is 0 Å². The van der Waals surface area contributed by atoms with Gasteiger partial charge in [-0.3, -0.25) is 4.68 Å². The molecule has 0 spiro atoms. The van der Waals surface area contributed by atoms with Gasteiger partial charge < -0.3 is 10.5 Å². The van der Waals surface area contributed by atoms with Crippen LogP contribution >= 0.6 is 0 Å². The number of hydrogen-bond acceptors (Lipinski definition) is 3. The fourth-order valence-electron chi connectivity index (χ4n) is 1.63. The van der Waals surface area contributed by atoms with Crippen LogP contribution in [0, 0.1) is 0 Å². The molecule has 1 unspecified atom stereocenters. The Morgan fingerprint density at radius 2 is 2.20 bits per heavy atom. The SMILES string of the molecule is COC(CCN)c1cc(C(C)C)nn1C. The van der Waals surface area contributed by atoms with Crippen molar-refractivity contribution < 1.29 is 4.74 Å². The van der Waals surface area contributed by atoms with Crippen LogP contribution in [0.3, 0.4) is 0 Å². The highest BCUT2D eigenvalue weighted by molar-refractivity contribution is 5.15. The molecule has 1 rings (SSSR count). The fraction of sp³-hybridized carbons (Fsp3) is 0.727. The van der Waals surface area contributed by atoms with E-state index >= 15 is 0 Å². The second-order valence-electron chi connectivity index (χ2n) is 4.07. The Hall–Kier alpha value is -0.870. The van der Waals surface area contributed by atoms with Crippen LogP contribution in [0.1, 0.15) is 43.7 Å². The lowest BCUT2D eigenvalue weighted by atomic mass is 10.1. The zero-order valence-corrected chi connectivity index (χ0v) is 10.0. The molecule has 0 radical (unpaired) electrons. The molecule has 4 nitrogen and oxygen atoms in total. The van der Waals surface area contributed by atoms with E-state index in [0.717, 1.165) is 17.8 Å². The van der Waals surface area contributed by atoms with E-state index in [-0.39, 0.29) is 6.10 Å². The van der Waals surface area contributed by atoms with Crippen LogP contribution in [0.25, 0.3) is 0 Å². The van der Waals surface area contributed by atoms with Gasteiger partial charge in [0.05, 0.1) is 17.5 Å². The third-order valence-electron chi connectivity index (χ3n) is 2.57. The van der Waals surface area contributed by atoms with Crippen LogP contribution in [-0.2, 0) is 11.8 Å². The lowest BCUT2D eigenvalue weighted by molar-refractivity contribution is 0.0909. The molecule has 2 N–H and O–H groups in total. The van der Waals surface area contributed by atoms with E-state index < -0.39 is 0 Å². The Kier molecular flexibility index (Phi) is 4.29. The zero-order chi connectivity index (χ0) is 11.4. The third kappa shape index (κ3) is 2.79. The second-order valence-corrected chi connectivity index (χ2v) is 4.07. The van der Waals surface area contributed by atoms with Crippen molar-refractivity contribution in [1.82, 2.24) is 9.78 Å². The average Bonchev–Trinajstić information content (AvgIpc) is 2.57. The Morgan fingerprint density at radius 1 is 1.53 bits per heavy atom. The molecule has 86 valence electrons. The van der Waals surface area contributed by atoms with Gasteiger partial charge in [-0.15, -0.1) is 0 Å². The Morgan fingerprint density at radius 3 is 2.60 bits per heavy atom. The van der Waals surface area contributed by atoms with Crippen molar-refractivity contribution in [2.75, 3.05) is 13.7 Å². The summed E-state index contributed by atoms with van der Waals surface area (Å²) in [6.07, 6.45) is 0.883. The number of nitrogens with two attached hydrogens (primary N) is 1. The topological polar surface area (TPSA) is 53.1 Å². The van der Waals surface area contributed by atoms with Gasteiger partial charge in [0.25, 0.3) is 0 Å². The first-order chi connectivity index (χ1) is 7.10. The minimum atomic E-state index is 0.0556.